The second-order valence-corrected chi connectivity index (χ2v) is 8.64. The maximum atomic E-state index is 13.1. The smallest absolute Gasteiger partial charge is 0.325 e. The predicted molar refractivity (Wildman–Crippen MR) is 114 cm³/mol. The average molecular weight is 426 g/mol. The van der Waals surface area contributed by atoms with Gasteiger partial charge < -0.3 is 10.2 Å². The second kappa shape index (κ2) is 7.76. The van der Waals surface area contributed by atoms with E-state index in [1.54, 1.807) is 23.1 Å². The van der Waals surface area contributed by atoms with E-state index in [-0.39, 0.29) is 18.4 Å². The monoisotopic (exact) mass is 425 g/mol. The van der Waals surface area contributed by atoms with Crippen molar-refractivity contribution in [2.45, 2.75) is 38.8 Å². The third-order valence-corrected chi connectivity index (χ3v) is 6.08. The number of imide groups is 1. The van der Waals surface area contributed by atoms with Gasteiger partial charge in [-0.15, -0.1) is 0 Å². The number of carbonyl (C=O) groups is 3. The number of piperidine rings is 1. The van der Waals surface area contributed by atoms with Crippen LogP contribution in [0, 0.1) is 13.8 Å². The molecule has 156 valence electrons. The Morgan fingerprint density at radius 2 is 1.73 bits per heavy atom. The van der Waals surface area contributed by atoms with Crippen molar-refractivity contribution in [1.82, 2.24) is 15.1 Å². The van der Waals surface area contributed by atoms with Gasteiger partial charge in [0.05, 0.1) is 6.54 Å². The summed E-state index contributed by atoms with van der Waals surface area (Å²) in [7, 11) is 0. The summed E-state index contributed by atoms with van der Waals surface area (Å²) in [4.78, 5) is 41.6. The van der Waals surface area contributed by atoms with Crippen molar-refractivity contribution in [2.75, 3.05) is 13.1 Å². The molecule has 2 aliphatic rings. The number of benzene rings is 2. The van der Waals surface area contributed by atoms with E-state index < -0.39 is 11.6 Å². The number of hydrogen-bond donors (Lipinski definition) is 1. The van der Waals surface area contributed by atoms with Crippen LogP contribution in [0.5, 0.6) is 0 Å². The molecule has 0 bridgehead atoms. The van der Waals surface area contributed by atoms with Crippen molar-refractivity contribution in [3.8, 4) is 0 Å². The maximum Gasteiger partial charge on any atom is 0.325 e. The molecule has 6 nitrogen and oxygen atoms in total. The van der Waals surface area contributed by atoms with Crippen LogP contribution in [0.3, 0.4) is 0 Å². The zero-order valence-corrected chi connectivity index (χ0v) is 17.8. The molecule has 2 aliphatic heterocycles. The molecule has 4 rings (SSSR count). The standard InChI is InChI=1S/C23H24ClN3O3/c1-15-10-16(2)12-18(11-15)20(28)26-8-6-23(7-9-26)21(29)27(22(30)25-23)14-17-4-3-5-19(24)13-17/h3-5,10-13H,6-9,14H2,1-2H3,(H,25,30). The molecule has 2 aromatic rings. The number of nitrogens with one attached hydrogen (secondary N) is 1. The number of likely N-dealkylation sites (tertiary alicyclic amines) is 1. The van der Waals surface area contributed by atoms with Gasteiger partial charge in [-0.3, -0.25) is 14.5 Å². The minimum atomic E-state index is -0.936. The van der Waals surface area contributed by atoms with E-state index in [0.29, 0.717) is 36.5 Å². The minimum Gasteiger partial charge on any atom is -0.338 e. The summed E-state index contributed by atoms with van der Waals surface area (Å²) in [5, 5.41) is 3.45. The zero-order chi connectivity index (χ0) is 21.5. The summed E-state index contributed by atoms with van der Waals surface area (Å²) < 4.78 is 0. The molecule has 0 radical (unpaired) electrons. The average Bonchev–Trinajstić information content (AvgIpc) is 2.91. The van der Waals surface area contributed by atoms with E-state index in [0.717, 1.165) is 16.7 Å². The van der Waals surface area contributed by atoms with Gasteiger partial charge in [-0.25, -0.2) is 4.79 Å². The molecular formula is C23H24ClN3O3. The fourth-order valence-electron chi connectivity index (χ4n) is 4.35. The number of aryl methyl sites for hydroxylation is 2. The molecule has 0 aromatic heterocycles. The Labute approximate surface area is 180 Å². The Morgan fingerprint density at radius 1 is 1.07 bits per heavy atom. The summed E-state index contributed by atoms with van der Waals surface area (Å²) in [6, 6.07) is 12.5. The molecule has 2 saturated heterocycles. The van der Waals surface area contributed by atoms with Gasteiger partial charge in [-0.05, 0) is 56.5 Å². The summed E-state index contributed by atoms with van der Waals surface area (Å²) >= 11 is 6.02. The molecule has 0 aliphatic carbocycles. The van der Waals surface area contributed by atoms with Crippen LogP contribution in [0.15, 0.2) is 42.5 Å². The lowest BCUT2D eigenvalue weighted by atomic mass is 9.87. The molecule has 30 heavy (non-hydrogen) atoms. The lowest BCUT2D eigenvalue weighted by Crippen LogP contribution is -2.55. The summed E-state index contributed by atoms with van der Waals surface area (Å²) in [5.41, 5.74) is 2.61. The Balaban J connectivity index is 1.45. The van der Waals surface area contributed by atoms with E-state index in [4.69, 9.17) is 11.6 Å². The lowest BCUT2D eigenvalue weighted by Gasteiger charge is -2.37. The van der Waals surface area contributed by atoms with Crippen LogP contribution < -0.4 is 5.32 Å². The Hall–Kier alpha value is -2.86. The van der Waals surface area contributed by atoms with Crippen molar-refractivity contribution < 1.29 is 14.4 Å². The van der Waals surface area contributed by atoms with Gasteiger partial charge in [0.2, 0.25) is 0 Å². The van der Waals surface area contributed by atoms with Gasteiger partial charge in [0.25, 0.3) is 11.8 Å². The van der Waals surface area contributed by atoms with Crippen molar-refractivity contribution in [1.29, 1.82) is 0 Å². The summed E-state index contributed by atoms with van der Waals surface area (Å²) in [5.74, 6) is -0.268. The zero-order valence-electron chi connectivity index (χ0n) is 17.1. The molecule has 1 spiro atoms. The first kappa shape index (κ1) is 20.4. The molecule has 0 unspecified atom stereocenters. The van der Waals surface area contributed by atoms with E-state index in [1.807, 2.05) is 38.1 Å². The van der Waals surface area contributed by atoms with Gasteiger partial charge in [0, 0.05) is 23.7 Å². The largest absolute Gasteiger partial charge is 0.338 e. The first-order valence-corrected chi connectivity index (χ1v) is 10.4. The molecule has 4 amide bonds. The van der Waals surface area contributed by atoms with Gasteiger partial charge in [0.1, 0.15) is 5.54 Å². The third-order valence-electron chi connectivity index (χ3n) is 5.85. The lowest BCUT2D eigenvalue weighted by molar-refractivity contribution is -0.133. The van der Waals surface area contributed by atoms with Gasteiger partial charge in [-0.2, -0.15) is 0 Å². The van der Waals surface area contributed by atoms with Crippen LogP contribution >= 0.6 is 11.6 Å². The fourth-order valence-corrected chi connectivity index (χ4v) is 4.56. The molecule has 0 atom stereocenters. The second-order valence-electron chi connectivity index (χ2n) is 8.20. The number of carbonyl (C=O) groups excluding carboxylic acids is 3. The fraction of sp³-hybridized carbons (Fsp3) is 0.348. The van der Waals surface area contributed by atoms with E-state index in [9.17, 15) is 14.4 Å². The van der Waals surface area contributed by atoms with Crippen LogP contribution in [0.25, 0.3) is 0 Å². The Kier molecular flexibility index (Phi) is 5.28. The Morgan fingerprint density at radius 3 is 2.37 bits per heavy atom. The molecule has 0 saturated carbocycles. The molecule has 2 heterocycles. The Bertz CT molecular complexity index is 1010. The van der Waals surface area contributed by atoms with Gasteiger partial charge >= 0.3 is 6.03 Å². The quantitative estimate of drug-likeness (QED) is 0.762. The number of nitrogens with zero attached hydrogens (tertiary/aromatic N) is 2. The van der Waals surface area contributed by atoms with Crippen LogP contribution in [0.2, 0.25) is 5.02 Å². The first-order chi connectivity index (χ1) is 14.3. The third kappa shape index (κ3) is 3.79. The number of amides is 4. The van der Waals surface area contributed by atoms with Crippen molar-refractivity contribution in [3.05, 3.63) is 69.7 Å². The SMILES string of the molecule is Cc1cc(C)cc(C(=O)N2CCC3(CC2)NC(=O)N(Cc2cccc(Cl)c2)C3=O)c1. The van der Waals surface area contributed by atoms with Crippen LogP contribution in [0.4, 0.5) is 4.79 Å². The summed E-state index contributed by atoms with van der Waals surface area (Å²) in [6.45, 7) is 4.95. The van der Waals surface area contributed by atoms with E-state index in [1.165, 1.54) is 4.90 Å². The van der Waals surface area contributed by atoms with Crippen molar-refractivity contribution in [3.63, 3.8) is 0 Å². The highest BCUT2D eigenvalue weighted by Gasteiger charge is 2.52. The molecule has 2 fully saturated rings. The highest BCUT2D eigenvalue weighted by atomic mass is 35.5. The maximum absolute atomic E-state index is 13.1. The molecular weight excluding hydrogens is 402 g/mol. The van der Waals surface area contributed by atoms with Gasteiger partial charge in [0.15, 0.2) is 0 Å². The van der Waals surface area contributed by atoms with Crippen LogP contribution in [-0.4, -0.2) is 46.3 Å². The number of urea groups is 1. The normalized spacial score (nSPS) is 18.1. The number of rotatable bonds is 3. The number of halogens is 1. The number of hydrogen-bond acceptors (Lipinski definition) is 3. The van der Waals surface area contributed by atoms with Crippen LogP contribution in [0.1, 0.15) is 39.9 Å². The van der Waals surface area contributed by atoms with Crippen molar-refractivity contribution in [2.24, 2.45) is 0 Å². The predicted octanol–water partition coefficient (Wildman–Crippen LogP) is 3.68. The highest BCUT2D eigenvalue weighted by Crippen LogP contribution is 2.31. The molecule has 7 heteroatoms. The molecule has 1 N–H and O–H groups in total. The topological polar surface area (TPSA) is 69.7 Å². The minimum absolute atomic E-state index is 0.0378. The molecule has 2 aromatic carbocycles. The van der Waals surface area contributed by atoms with Gasteiger partial charge in [-0.1, -0.05) is 40.9 Å². The summed E-state index contributed by atoms with van der Waals surface area (Å²) in [6.07, 6.45) is 0.806. The van der Waals surface area contributed by atoms with E-state index >= 15 is 0 Å². The van der Waals surface area contributed by atoms with E-state index in [2.05, 4.69) is 5.32 Å². The van der Waals surface area contributed by atoms with Crippen molar-refractivity contribution >= 4 is 29.4 Å². The van der Waals surface area contributed by atoms with Crippen LogP contribution in [-0.2, 0) is 11.3 Å². The first-order valence-electron chi connectivity index (χ1n) is 10.0. The highest BCUT2D eigenvalue weighted by molar-refractivity contribution is 6.30.